The van der Waals surface area contributed by atoms with Gasteiger partial charge in [0, 0.05) is 50.7 Å². The van der Waals surface area contributed by atoms with Crippen LogP contribution >= 0.6 is 23.2 Å². The zero-order valence-corrected chi connectivity index (χ0v) is 25.6. The van der Waals surface area contributed by atoms with Crippen LogP contribution < -0.4 is 15.0 Å². The maximum atomic E-state index is 15.0. The van der Waals surface area contributed by atoms with Crippen LogP contribution in [-0.2, 0) is 4.79 Å². The Morgan fingerprint density at radius 2 is 1.74 bits per heavy atom. The Labute approximate surface area is 259 Å². The number of nitrogens with zero attached hydrogens (tertiary/aromatic N) is 4. The lowest BCUT2D eigenvalue weighted by Crippen LogP contribution is -2.53. The van der Waals surface area contributed by atoms with E-state index in [1.807, 2.05) is 0 Å². The minimum absolute atomic E-state index is 0.0250. The summed E-state index contributed by atoms with van der Waals surface area (Å²) >= 11 is 13.2. The van der Waals surface area contributed by atoms with Gasteiger partial charge in [-0.1, -0.05) is 23.2 Å². The predicted molar refractivity (Wildman–Crippen MR) is 161 cm³/mol. The van der Waals surface area contributed by atoms with Crippen LogP contribution in [0.1, 0.15) is 42.1 Å². The number of nitrogens with one attached hydrogen (secondary N) is 1. The zero-order valence-electron chi connectivity index (χ0n) is 24.1. The van der Waals surface area contributed by atoms with E-state index in [4.69, 9.17) is 27.9 Å². The van der Waals surface area contributed by atoms with E-state index in [2.05, 4.69) is 5.32 Å². The summed E-state index contributed by atoms with van der Waals surface area (Å²) in [7, 11) is 1.66. The average molecular weight is 639 g/mol. The molecule has 0 bridgehead atoms. The van der Waals surface area contributed by atoms with Gasteiger partial charge in [0.25, 0.3) is 5.91 Å². The number of amides is 2. The molecule has 2 fully saturated rings. The molecule has 0 aromatic heterocycles. The van der Waals surface area contributed by atoms with E-state index in [9.17, 15) is 23.5 Å². The fourth-order valence-corrected chi connectivity index (χ4v) is 6.20. The normalized spacial score (nSPS) is 20.3. The minimum Gasteiger partial charge on any atom is -0.491 e. The van der Waals surface area contributed by atoms with Crippen molar-refractivity contribution in [3.63, 3.8) is 0 Å². The Kier molecular flexibility index (Phi) is 9.36. The van der Waals surface area contributed by atoms with Crippen LogP contribution in [0.5, 0.6) is 5.75 Å². The second-order valence-electron chi connectivity index (χ2n) is 11.0. The number of piperazine rings is 1. The predicted octanol–water partition coefficient (Wildman–Crippen LogP) is 4.08. The third-order valence-corrected chi connectivity index (χ3v) is 9.04. The Hall–Kier alpha value is -3.12. The number of hydrogen-bond donors (Lipinski definition) is 2. The molecule has 43 heavy (non-hydrogen) atoms. The van der Waals surface area contributed by atoms with Crippen molar-refractivity contribution in [2.75, 3.05) is 57.8 Å². The number of carbonyl (C=O) groups is 2. The topological polar surface area (TPSA) is 88.6 Å². The van der Waals surface area contributed by atoms with Gasteiger partial charge in [0.15, 0.2) is 17.2 Å². The lowest BCUT2D eigenvalue weighted by atomic mass is 9.88. The summed E-state index contributed by atoms with van der Waals surface area (Å²) < 4.78 is 34.7. The number of carbonyl (C=O) groups excluding carboxylic acids is 2. The average Bonchev–Trinajstić information content (AvgIpc) is 3.29. The molecule has 2 N–H and O–H groups in total. The van der Waals surface area contributed by atoms with E-state index in [0.717, 1.165) is 0 Å². The lowest BCUT2D eigenvalue weighted by molar-refractivity contribution is -0.139. The molecule has 13 heteroatoms. The first-order chi connectivity index (χ1) is 20.5. The molecule has 0 saturated carbocycles. The van der Waals surface area contributed by atoms with Gasteiger partial charge in [-0.3, -0.25) is 9.59 Å². The number of benzene rings is 2. The van der Waals surface area contributed by atoms with Crippen molar-refractivity contribution in [2.24, 2.45) is 0 Å². The monoisotopic (exact) mass is 637 g/mol. The van der Waals surface area contributed by atoms with Crippen molar-refractivity contribution < 1.29 is 28.2 Å². The molecular formula is C30H35Cl2F2N5O4. The Balaban J connectivity index is 1.25. The molecule has 2 amide bonds. The SMILES string of the molecule is CCOc1ccc(C2=CN(c3ccc(C(=O)N4CCN(C(=O)CC5(O)CCNCC5)CC4)c(Cl)c3)C(Cl)N2C)c(F)c1F. The van der Waals surface area contributed by atoms with Crippen molar-refractivity contribution in [2.45, 2.75) is 37.4 Å². The highest BCUT2D eigenvalue weighted by Crippen LogP contribution is 2.38. The molecule has 232 valence electrons. The molecule has 2 saturated heterocycles. The van der Waals surface area contributed by atoms with Crippen molar-refractivity contribution >= 4 is 46.4 Å². The molecule has 1 unspecified atom stereocenters. The van der Waals surface area contributed by atoms with Crippen molar-refractivity contribution in [3.05, 3.63) is 64.3 Å². The Morgan fingerprint density at radius 3 is 2.40 bits per heavy atom. The number of alkyl halides is 1. The van der Waals surface area contributed by atoms with Gasteiger partial charge in [0.05, 0.1) is 34.9 Å². The Bertz CT molecular complexity index is 1410. The molecule has 2 aromatic carbocycles. The van der Waals surface area contributed by atoms with Crippen LogP contribution in [0.15, 0.2) is 36.5 Å². The first kappa shape index (κ1) is 31.3. The van der Waals surface area contributed by atoms with E-state index >= 15 is 0 Å². The second-order valence-corrected chi connectivity index (χ2v) is 11.8. The highest BCUT2D eigenvalue weighted by Gasteiger charge is 2.36. The van der Waals surface area contributed by atoms with E-state index in [1.165, 1.54) is 12.1 Å². The maximum Gasteiger partial charge on any atom is 0.255 e. The molecule has 1 atom stereocenters. The molecule has 5 rings (SSSR count). The number of halogens is 4. The number of hydrogen-bond acceptors (Lipinski definition) is 7. The van der Waals surface area contributed by atoms with Crippen molar-refractivity contribution in [1.82, 2.24) is 20.0 Å². The summed E-state index contributed by atoms with van der Waals surface area (Å²) in [6.07, 6.45) is 2.76. The molecular weight excluding hydrogens is 603 g/mol. The maximum absolute atomic E-state index is 15.0. The van der Waals surface area contributed by atoms with Crippen LogP contribution in [0.2, 0.25) is 5.02 Å². The highest BCUT2D eigenvalue weighted by atomic mass is 35.5. The van der Waals surface area contributed by atoms with Gasteiger partial charge in [0.2, 0.25) is 11.7 Å². The van der Waals surface area contributed by atoms with E-state index in [-0.39, 0.29) is 41.2 Å². The fraction of sp³-hybridized carbons (Fsp3) is 0.467. The van der Waals surface area contributed by atoms with Crippen molar-refractivity contribution in [3.8, 4) is 5.75 Å². The molecule has 0 spiro atoms. The number of piperidine rings is 1. The molecule has 3 aliphatic rings. The van der Waals surface area contributed by atoms with Gasteiger partial charge >= 0.3 is 0 Å². The molecule has 2 aromatic rings. The first-order valence-corrected chi connectivity index (χ1v) is 15.1. The number of aliphatic hydroxyl groups is 1. The van der Waals surface area contributed by atoms with E-state index in [0.29, 0.717) is 69.1 Å². The van der Waals surface area contributed by atoms with Gasteiger partial charge in [0.1, 0.15) is 0 Å². The van der Waals surface area contributed by atoms with Gasteiger partial charge in [-0.15, -0.1) is 0 Å². The van der Waals surface area contributed by atoms with Gasteiger partial charge in [-0.25, -0.2) is 4.39 Å². The smallest absolute Gasteiger partial charge is 0.255 e. The minimum atomic E-state index is -1.08. The molecule has 9 nitrogen and oxygen atoms in total. The molecule has 3 heterocycles. The standard InChI is InChI=1S/C30H35Cl2F2N5O4/c1-3-43-24-7-6-21(26(33)27(24)34)23-18-39(29(32)36(23)2)19-4-5-20(22(31)16-19)28(41)38-14-12-37(13-15-38)25(40)17-30(42)8-10-35-11-9-30/h4-7,16,18,29,35,42H,3,8-15,17H2,1-2H3. The van der Waals surface area contributed by atoms with Crippen LogP contribution in [0.3, 0.4) is 0 Å². The summed E-state index contributed by atoms with van der Waals surface area (Å²) in [4.78, 5) is 32.8. The van der Waals surface area contributed by atoms with Crippen molar-refractivity contribution in [1.29, 1.82) is 0 Å². The number of anilines is 1. The molecule has 0 radical (unpaired) electrons. The summed E-state index contributed by atoms with van der Waals surface area (Å²) in [5, 5.41) is 14.1. The quantitative estimate of drug-likeness (QED) is 0.349. The summed E-state index contributed by atoms with van der Waals surface area (Å²) in [5.41, 5.74) is -0.508. The molecule has 0 aliphatic carbocycles. The largest absolute Gasteiger partial charge is 0.491 e. The summed E-state index contributed by atoms with van der Waals surface area (Å²) in [6.45, 7) is 4.70. The highest BCUT2D eigenvalue weighted by molar-refractivity contribution is 6.34. The fourth-order valence-electron chi connectivity index (χ4n) is 5.67. The van der Waals surface area contributed by atoms with Gasteiger partial charge < -0.3 is 34.8 Å². The van der Waals surface area contributed by atoms with Crippen LogP contribution in [0.25, 0.3) is 5.70 Å². The molecule has 3 aliphatic heterocycles. The lowest BCUT2D eigenvalue weighted by Gasteiger charge is -2.38. The van der Waals surface area contributed by atoms with Gasteiger partial charge in [-0.2, -0.15) is 4.39 Å². The Morgan fingerprint density at radius 1 is 1.07 bits per heavy atom. The van der Waals surface area contributed by atoms with E-state index < -0.39 is 22.9 Å². The number of rotatable bonds is 7. The number of ether oxygens (including phenoxy) is 1. The second kappa shape index (κ2) is 12.9. The third-order valence-electron chi connectivity index (χ3n) is 8.23. The summed E-state index contributed by atoms with van der Waals surface area (Å²) in [5.74, 6) is -2.65. The van der Waals surface area contributed by atoms with Gasteiger partial charge in [-0.05, 0) is 63.2 Å². The van der Waals surface area contributed by atoms with E-state index in [1.54, 1.807) is 58.0 Å². The van der Waals surface area contributed by atoms with Crippen LogP contribution in [-0.4, -0.2) is 95.8 Å². The van der Waals surface area contributed by atoms with Crippen LogP contribution in [0, 0.1) is 11.6 Å². The van der Waals surface area contributed by atoms with Crippen LogP contribution in [0.4, 0.5) is 14.5 Å². The first-order valence-electron chi connectivity index (χ1n) is 14.3. The summed E-state index contributed by atoms with van der Waals surface area (Å²) in [6, 6.07) is 7.72. The zero-order chi connectivity index (χ0) is 30.9. The third kappa shape index (κ3) is 6.40.